The van der Waals surface area contributed by atoms with Crippen molar-refractivity contribution >= 4 is 0 Å². The van der Waals surface area contributed by atoms with E-state index in [2.05, 4.69) is 41.5 Å². The second-order valence-electron chi connectivity index (χ2n) is 2.71. The Kier molecular flexibility index (Phi) is 374. The van der Waals surface area contributed by atoms with E-state index in [-0.39, 0.29) is 63.8 Å². The van der Waals surface area contributed by atoms with Crippen LogP contribution < -0.4 is 0 Å². The van der Waals surface area contributed by atoms with Gasteiger partial charge in [-0.2, -0.15) is 25.7 Å². The molecule has 0 atom stereocenters. The standard InChI is InChI=1S/2C4H9.2C3H7.2CH3.H2O.2Ti/c2*1-3-4-2;2*1-3-2;;;;;/h2*1,3-4H2,2H3;2*1,3H2,2H3;2*1H3;1H2;;/q6*-1;;2*+3. The molecule has 19 heavy (non-hydrogen) atoms. The third-order valence-corrected chi connectivity index (χ3v) is 0.707. The second-order valence-corrected chi connectivity index (χ2v) is 2.71. The minimum Gasteiger partial charge on any atom is -0.412 e. The minimum absolute atomic E-state index is 0. The topological polar surface area (TPSA) is 31.5 Å². The first kappa shape index (κ1) is 59.1. The van der Waals surface area contributed by atoms with E-state index in [4.69, 9.17) is 0 Å². The maximum atomic E-state index is 3.60. The van der Waals surface area contributed by atoms with Crippen LogP contribution >= 0.6 is 0 Å². The fourth-order valence-corrected chi connectivity index (χ4v) is 0. The Hall–Kier alpha value is 1.39. The van der Waals surface area contributed by atoms with Gasteiger partial charge in [-0.05, 0) is 0 Å². The Labute approximate surface area is 157 Å². The molecule has 0 aliphatic heterocycles. The molecule has 3 heteroatoms. The van der Waals surface area contributed by atoms with Crippen molar-refractivity contribution in [2.45, 2.75) is 66.2 Å². The molecule has 0 spiro atoms. The Morgan fingerprint density at radius 1 is 0.579 bits per heavy atom. The van der Waals surface area contributed by atoms with Crippen LogP contribution in [-0.4, -0.2) is 5.48 Å². The predicted molar refractivity (Wildman–Crippen MR) is 88.3 cm³/mol. The van der Waals surface area contributed by atoms with Crippen LogP contribution in [-0.2, 0) is 43.4 Å². The van der Waals surface area contributed by atoms with E-state index in [1.807, 2.05) is 13.8 Å². The normalized spacial score (nSPS) is 5.05. The quantitative estimate of drug-likeness (QED) is 0.450. The molecule has 0 saturated carbocycles. The average Bonchev–Trinajstić information content (AvgIpc) is 2.20. The maximum Gasteiger partial charge on any atom is 3.00 e. The summed E-state index contributed by atoms with van der Waals surface area (Å²) in [5.41, 5.74) is 0. The molecule has 2 N–H and O–H groups in total. The average molecular weight is 344 g/mol. The summed E-state index contributed by atoms with van der Waals surface area (Å²) in [5.74, 6) is 0. The fraction of sp³-hybridized carbons (Fsp3) is 0.625. The number of hydrogen-bond donors (Lipinski definition) is 0. The SMILES string of the molecule is O.[CH2-]CC.[CH2-]CC.[CH2-]CCC.[CH2-]CCC.[CH3-].[CH3-].[Ti+3].[Ti+3]. The Morgan fingerprint density at radius 3 is 0.632 bits per heavy atom. The number of unbranched alkanes of at least 4 members (excludes halogenated alkanes) is 2. The van der Waals surface area contributed by atoms with Crippen LogP contribution in [0.3, 0.4) is 0 Å². The van der Waals surface area contributed by atoms with Gasteiger partial charge in [0.15, 0.2) is 0 Å². The van der Waals surface area contributed by atoms with Gasteiger partial charge in [0, 0.05) is 0 Å². The largest absolute Gasteiger partial charge is 3.00 e. The Morgan fingerprint density at radius 2 is 0.632 bits per heavy atom. The molecule has 0 aromatic carbocycles. The summed E-state index contributed by atoms with van der Waals surface area (Å²) in [5, 5.41) is 0. The van der Waals surface area contributed by atoms with Crippen molar-refractivity contribution in [3.05, 3.63) is 42.5 Å². The van der Waals surface area contributed by atoms with Crippen LogP contribution in [0.1, 0.15) is 66.2 Å². The summed E-state index contributed by atoms with van der Waals surface area (Å²) < 4.78 is 0. The van der Waals surface area contributed by atoms with Crippen molar-refractivity contribution in [2.24, 2.45) is 0 Å². The van der Waals surface area contributed by atoms with E-state index in [1.165, 1.54) is 12.8 Å². The molecule has 0 rings (SSSR count). The van der Waals surface area contributed by atoms with Crippen molar-refractivity contribution in [3.63, 3.8) is 0 Å². The van der Waals surface area contributed by atoms with Crippen LogP contribution in [0.5, 0.6) is 0 Å². The predicted octanol–water partition coefficient (Wildman–Crippen LogP) is 5.77. The molecule has 0 heterocycles. The van der Waals surface area contributed by atoms with Gasteiger partial charge in [-0.15, -0.1) is 0 Å². The molecule has 0 aromatic heterocycles. The second kappa shape index (κ2) is 120. The van der Waals surface area contributed by atoms with Crippen molar-refractivity contribution in [1.82, 2.24) is 0 Å². The number of rotatable bonds is 2. The molecule has 118 valence electrons. The minimum atomic E-state index is 0. The van der Waals surface area contributed by atoms with Gasteiger partial charge < -0.3 is 48.0 Å². The van der Waals surface area contributed by atoms with Crippen LogP contribution in [0, 0.1) is 42.5 Å². The van der Waals surface area contributed by atoms with Crippen molar-refractivity contribution in [2.75, 3.05) is 0 Å². The smallest absolute Gasteiger partial charge is 0.412 e. The molecular formula is C16H40OTi2. The van der Waals surface area contributed by atoms with E-state index < -0.39 is 0 Å². The summed E-state index contributed by atoms with van der Waals surface area (Å²) in [6, 6.07) is 0. The van der Waals surface area contributed by atoms with Crippen molar-refractivity contribution in [3.8, 4) is 0 Å². The summed E-state index contributed by atoms with van der Waals surface area (Å²) in [6.07, 6.45) is 6.56. The molecule has 2 radical (unpaired) electrons. The Bertz CT molecular complexity index is 35.7. The van der Waals surface area contributed by atoms with Gasteiger partial charge in [-0.25, -0.2) is 0 Å². The van der Waals surface area contributed by atoms with E-state index in [9.17, 15) is 0 Å². The molecule has 0 unspecified atom stereocenters. The van der Waals surface area contributed by atoms with Crippen LogP contribution in [0.2, 0.25) is 0 Å². The van der Waals surface area contributed by atoms with Gasteiger partial charge >= 0.3 is 43.4 Å². The fourth-order valence-electron chi connectivity index (χ4n) is 0. The monoisotopic (exact) mass is 344 g/mol. The maximum absolute atomic E-state index is 3.60. The van der Waals surface area contributed by atoms with Gasteiger partial charge in [-0.3, -0.25) is 0 Å². The van der Waals surface area contributed by atoms with Crippen molar-refractivity contribution in [1.29, 1.82) is 0 Å². The molecule has 0 aliphatic carbocycles. The molecule has 0 fully saturated rings. The molecule has 0 bridgehead atoms. The molecule has 1 nitrogen and oxygen atoms in total. The number of hydrogen-bond acceptors (Lipinski definition) is 0. The molecule has 0 aromatic rings. The van der Waals surface area contributed by atoms with Gasteiger partial charge in [0.05, 0.1) is 0 Å². The Balaban J connectivity index is -0.00000000929. The third-order valence-electron chi connectivity index (χ3n) is 0.707. The van der Waals surface area contributed by atoms with Gasteiger partial charge in [0.25, 0.3) is 0 Å². The first-order valence-corrected chi connectivity index (χ1v) is 5.83. The first-order chi connectivity index (χ1) is 6.66. The van der Waals surface area contributed by atoms with Gasteiger partial charge in [0.2, 0.25) is 0 Å². The van der Waals surface area contributed by atoms with E-state index in [1.54, 1.807) is 0 Å². The molecule has 0 saturated heterocycles. The summed E-state index contributed by atoms with van der Waals surface area (Å²) in [7, 11) is 0. The molecular weight excluding hydrogens is 304 g/mol. The zero-order valence-corrected chi connectivity index (χ0v) is 17.7. The molecule has 0 aliphatic rings. The van der Waals surface area contributed by atoms with Crippen molar-refractivity contribution < 1.29 is 48.9 Å². The summed E-state index contributed by atoms with van der Waals surface area (Å²) in [4.78, 5) is 0. The summed E-state index contributed by atoms with van der Waals surface area (Å²) >= 11 is 0. The zero-order chi connectivity index (χ0) is 12.2. The van der Waals surface area contributed by atoms with E-state index in [0.29, 0.717) is 0 Å². The summed E-state index contributed by atoms with van der Waals surface area (Å²) in [6.45, 7) is 22.4. The third kappa shape index (κ3) is 511. The molecule has 0 amide bonds. The first-order valence-electron chi connectivity index (χ1n) is 5.83. The zero-order valence-electron chi connectivity index (χ0n) is 14.6. The van der Waals surface area contributed by atoms with Crippen LogP contribution in [0.4, 0.5) is 0 Å². The van der Waals surface area contributed by atoms with Gasteiger partial charge in [0.1, 0.15) is 0 Å². The van der Waals surface area contributed by atoms with Crippen LogP contribution in [0.25, 0.3) is 0 Å². The van der Waals surface area contributed by atoms with Crippen LogP contribution in [0.15, 0.2) is 0 Å². The van der Waals surface area contributed by atoms with Gasteiger partial charge in [-0.1, -0.05) is 40.5 Å². The van der Waals surface area contributed by atoms with E-state index >= 15 is 0 Å². The van der Waals surface area contributed by atoms with E-state index in [0.717, 1.165) is 25.7 Å².